The maximum Gasteiger partial charge on any atom is 0.333 e. The van der Waals surface area contributed by atoms with Gasteiger partial charge in [-0.05, 0) is 79.2 Å². The Hall–Kier alpha value is -5.16. The fourth-order valence-electron chi connectivity index (χ4n) is 9.46. The fraction of sp³-hybridized carbons (Fsp3) is 0.315. The highest BCUT2D eigenvalue weighted by atomic mass is 79.9. The van der Waals surface area contributed by atoms with Gasteiger partial charge in [0.05, 0.1) is 36.0 Å². The Morgan fingerprint density at radius 2 is 1.10 bits per heavy atom. The minimum Gasteiger partial charge on any atom is -0.508 e. The number of thiophene rings is 1. The number of aromatic nitrogens is 2. The van der Waals surface area contributed by atoms with Crippen molar-refractivity contribution in [2.45, 2.75) is 90.6 Å². The fourth-order valence-corrected chi connectivity index (χ4v) is 20.2. The monoisotopic (exact) mass is 1020 g/mol. The topological polar surface area (TPSA) is 98.0 Å². The normalized spacial score (nSPS) is 13.1. The van der Waals surface area contributed by atoms with E-state index < -0.39 is 50.5 Å². The summed E-state index contributed by atoms with van der Waals surface area (Å²) in [4.78, 5) is 46.0. The van der Waals surface area contributed by atoms with Crippen LogP contribution in [-0.2, 0) is 30.5 Å². The summed E-state index contributed by atoms with van der Waals surface area (Å²) in [6.07, 6.45) is -0.751. The zero-order valence-electron chi connectivity index (χ0n) is 40.1. The Kier molecular flexibility index (Phi) is 14.7. The highest BCUT2D eigenvalue weighted by Crippen LogP contribution is 2.40. The quantitative estimate of drug-likeness (QED) is 0.0703. The number of carbonyl (C=O) groups excluding carboxylic acids is 1. The summed E-state index contributed by atoms with van der Waals surface area (Å²) in [6.45, 7) is 18.4. The first-order chi connectivity index (χ1) is 31.8. The Morgan fingerprint density at radius 3 is 1.57 bits per heavy atom. The van der Waals surface area contributed by atoms with E-state index >= 15 is 9.59 Å². The lowest BCUT2D eigenvalue weighted by Crippen LogP contribution is -2.69. The molecule has 0 saturated heterocycles. The molecule has 0 aliphatic carbocycles. The molecule has 7 rings (SSSR count). The van der Waals surface area contributed by atoms with Gasteiger partial charge in [0.15, 0.2) is 0 Å². The molecule has 67 heavy (non-hydrogen) atoms. The van der Waals surface area contributed by atoms with Gasteiger partial charge in [-0.25, -0.2) is 9.36 Å². The van der Waals surface area contributed by atoms with Gasteiger partial charge in [0.1, 0.15) is 22.2 Å². The van der Waals surface area contributed by atoms with E-state index in [1.807, 2.05) is 104 Å². The predicted molar refractivity (Wildman–Crippen MR) is 281 cm³/mol. The SMILES string of the molecule is COc1ccccc1[C@H](Cn1c(=O)n(C(C)(C)C(=O)O[Si](c2ccccc2)(c2ccccc2)C(C)(C)C)c(=O)c2c(C)c(Br)sc21)OCCO[Si](c1ccccc1)(c1ccccc1)C(C)(C)C. The van der Waals surface area contributed by atoms with Gasteiger partial charge in [0.2, 0.25) is 0 Å². The summed E-state index contributed by atoms with van der Waals surface area (Å²) in [6, 6.07) is 48.1. The second kappa shape index (κ2) is 19.8. The van der Waals surface area contributed by atoms with E-state index in [0.29, 0.717) is 30.9 Å². The molecule has 0 aliphatic rings. The lowest BCUT2D eigenvalue weighted by molar-refractivity contribution is -0.144. The molecule has 0 saturated carbocycles. The molecule has 350 valence electrons. The van der Waals surface area contributed by atoms with E-state index in [4.69, 9.17) is 18.3 Å². The Bertz CT molecular complexity index is 2870. The van der Waals surface area contributed by atoms with E-state index in [9.17, 15) is 4.79 Å². The number of fused-ring (bicyclic) bond motifs is 1. The van der Waals surface area contributed by atoms with Gasteiger partial charge >= 0.3 is 20.0 Å². The van der Waals surface area contributed by atoms with Crippen molar-refractivity contribution in [1.82, 2.24) is 9.13 Å². The van der Waals surface area contributed by atoms with Crippen LogP contribution in [0.3, 0.4) is 0 Å². The van der Waals surface area contributed by atoms with Gasteiger partial charge in [-0.15, -0.1) is 11.3 Å². The van der Waals surface area contributed by atoms with Gasteiger partial charge < -0.3 is 18.3 Å². The third-order valence-corrected chi connectivity index (χ3v) is 25.0. The third kappa shape index (κ3) is 9.26. The molecule has 5 aromatic carbocycles. The molecule has 0 radical (unpaired) electrons. The van der Waals surface area contributed by atoms with Crippen LogP contribution in [0.4, 0.5) is 0 Å². The van der Waals surface area contributed by atoms with Crippen LogP contribution in [0.5, 0.6) is 5.75 Å². The van der Waals surface area contributed by atoms with Crippen molar-refractivity contribution in [3.63, 3.8) is 0 Å². The molecule has 0 amide bonds. The maximum atomic E-state index is 15.4. The van der Waals surface area contributed by atoms with Crippen molar-refractivity contribution in [3.05, 3.63) is 181 Å². The van der Waals surface area contributed by atoms with E-state index in [0.717, 1.165) is 25.3 Å². The van der Waals surface area contributed by atoms with Crippen molar-refractivity contribution < 1.29 is 23.1 Å². The summed E-state index contributed by atoms with van der Waals surface area (Å²) in [5.74, 6) is -0.104. The molecule has 7 aromatic rings. The molecule has 0 bridgehead atoms. The number of hydrogen-bond donors (Lipinski definition) is 0. The lowest BCUT2D eigenvalue weighted by Gasteiger charge is -2.43. The number of methoxy groups -OCH3 is 1. The summed E-state index contributed by atoms with van der Waals surface area (Å²) >= 11 is 4.98. The molecule has 1 atom stereocenters. The van der Waals surface area contributed by atoms with Crippen molar-refractivity contribution in [3.8, 4) is 5.75 Å². The zero-order valence-corrected chi connectivity index (χ0v) is 44.5. The first kappa shape index (κ1) is 49.7. The van der Waals surface area contributed by atoms with Gasteiger partial charge in [0.25, 0.3) is 13.9 Å². The molecule has 0 N–H and O–H groups in total. The Balaban J connectivity index is 1.32. The summed E-state index contributed by atoms with van der Waals surface area (Å²) in [7, 11) is -4.75. The minimum atomic E-state index is -3.45. The minimum absolute atomic E-state index is 0.0125. The van der Waals surface area contributed by atoms with Crippen LogP contribution in [0.15, 0.2) is 159 Å². The van der Waals surface area contributed by atoms with E-state index in [1.165, 1.54) is 11.3 Å². The Labute approximate surface area is 408 Å². The van der Waals surface area contributed by atoms with Crippen LogP contribution < -0.4 is 36.7 Å². The van der Waals surface area contributed by atoms with E-state index in [2.05, 4.69) is 106 Å². The number of ether oxygens (including phenoxy) is 2. The van der Waals surface area contributed by atoms with Crippen LogP contribution in [0.25, 0.3) is 10.2 Å². The number of hydrogen-bond acceptors (Lipinski definition) is 8. The maximum absolute atomic E-state index is 15.4. The summed E-state index contributed by atoms with van der Waals surface area (Å²) in [5.41, 5.74) is -1.62. The average Bonchev–Trinajstić information content (AvgIpc) is 3.61. The standard InChI is InChI=1S/C54H61BrN2O7SSi2/c1-38-46-48(58)57(54(8,9)50(59)64-67(53(5,6)7,41-29-19-13-20-30-41)42-31-21-14-22-32-42)51(60)56(49(46)65-47(38)55)37-45(43-33-23-24-34-44(43)61-10)62-35-36-63-66(52(2,3)4,39-25-15-11-16-26-39)40-27-17-12-18-28-40/h11-34,45H,35-37H2,1-10H3/t45-/m0/s1. The van der Waals surface area contributed by atoms with Gasteiger partial charge in [-0.1, -0.05) is 181 Å². The van der Waals surface area contributed by atoms with Crippen molar-refractivity contribution in [1.29, 1.82) is 0 Å². The molecular weight excluding hydrogens is 957 g/mol. The van der Waals surface area contributed by atoms with E-state index in [-0.39, 0.29) is 24.8 Å². The molecular formula is C54H61BrN2O7SSi2. The Morgan fingerprint density at radius 1 is 0.657 bits per heavy atom. The lowest BCUT2D eigenvalue weighted by atomic mass is 10.1. The molecule has 0 aliphatic heterocycles. The number of benzene rings is 5. The van der Waals surface area contributed by atoms with Crippen molar-refractivity contribution >= 4 is 80.8 Å². The molecule has 2 heterocycles. The van der Waals surface area contributed by atoms with Crippen LogP contribution in [0, 0.1) is 6.92 Å². The van der Waals surface area contributed by atoms with Crippen molar-refractivity contribution in [2.75, 3.05) is 20.3 Å². The second-order valence-electron chi connectivity index (χ2n) is 19.4. The van der Waals surface area contributed by atoms with Crippen LogP contribution in [-0.4, -0.2) is 52.1 Å². The molecule has 0 spiro atoms. The second-order valence-corrected chi connectivity index (χ2v) is 30.3. The number of nitrogens with zero attached hydrogens (tertiary/aromatic N) is 2. The number of rotatable bonds is 16. The van der Waals surface area contributed by atoms with Gasteiger partial charge in [0, 0.05) is 5.56 Å². The number of para-hydroxylation sites is 1. The largest absolute Gasteiger partial charge is 0.508 e. The van der Waals surface area contributed by atoms with E-state index in [1.54, 1.807) is 25.5 Å². The third-order valence-electron chi connectivity index (χ3n) is 12.8. The van der Waals surface area contributed by atoms with Gasteiger partial charge in [-0.2, -0.15) is 0 Å². The number of carbonyl (C=O) groups is 1. The number of halogens is 1. The molecule has 0 unspecified atom stereocenters. The average molecular weight is 1020 g/mol. The summed E-state index contributed by atoms with van der Waals surface area (Å²) in [5, 5.41) is 3.63. The smallest absolute Gasteiger partial charge is 0.333 e. The highest BCUT2D eigenvalue weighted by molar-refractivity contribution is 9.11. The first-order valence-electron chi connectivity index (χ1n) is 22.6. The molecule has 0 fully saturated rings. The molecule has 2 aromatic heterocycles. The predicted octanol–water partition coefficient (Wildman–Crippen LogP) is 9.48. The first-order valence-corrected chi connectivity index (χ1v) is 28.0. The molecule has 9 nitrogen and oxygen atoms in total. The molecule has 13 heteroatoms. The zero-order chi connectivity index (χ0) is 48.4. The van der Waals surface area contributed by atoms with Crippen LogP contribution in [0.2, 0.25) is 10.1 Å². The highest BCUT2D eigenvalue weighted by Gasteiger charge is 2.55. The van der Waals surface area contributed by atoms with Gasteiger partial charge in [-0.3, -0.25) is 14.2 Å². The number of aryl methyl sites for hydroxylation is 1. The van der Waals surface area contributed by atoms with Crippen LogP contribution in [0.1, 0.15) is 72.6 Å². The summed E-state index contributed by atoms with van der Waals surface area (Å²) < 4.78 is 30.3. The van der Waals surface area contributed by atoms with Crippen molar-refractivity contribution in [2.24, 2.45) is 0 Å². The van der Waals surface area contributed by atoms with Crippen LogP contribution >= 0.6 is 27.3 Å².